The van der Waals surface area contributed by atoms with Crippen LogP contribution >= 0.6 is 15.9 Å². The third-order valence-corrected chi connectivity index (χ3v) is 4.15. The number of hydrogen-bond acceptors (Lipinski definition) is 3. The van der Waals surface area contributed by atoms with Gasteiger partial charge in [0.2, 0.25) is 0 Å². The number of nitriles is 1. The first-order chi connectivity index (χ1) is 10.8. The summed E-state index contributed by atoms with van der Waals surface area (Å²) in [5.74, 6) is 0.701. The van der Waals surface area contributed by atoms with Gasteiger partial charge in [-0.2, -0.15) is 5.26 Å². The molecule has 1 aliphatic heterocycles. The Kier molecular flexibility index (Phi) is 4.54. The summed E-state index contributed by atoms with van der Waals surface area (Å²) >= 11 is 3.34. The van der Waals surface area contributed by atoms with E-state index in [1.807, 2.05) is 24.3 Å². The Labute approximate surface area is 138 Å². The van der Waals surface area contributed by atoms with Gasteiger partial charge in [-0.15, -0.1) is 0 Å². The molecule has 0 bridgehead atoms. The van der Waals surface area contributed by atoms with E-state index in [0.29, 0.717) is 33.6 Å². The maximum Gasteiger partial charge on any atom is 0.200 e. The first kappa shape index (κ1) is 14.8. The molecule has 0 radical (unpaired) electrons. The summed E-state index contributed by atoms with van der Waals surface area (Å²) in [6.45, 7) is 0. The molecule has 1 fully saturated rings. The number of hydrogen-bond donors (Lipinski definition) is 2. The van der Waals surface area contributed by atoms with Crippen molar-refractivity contribution in [1.82, 2.24) is 15.6 Å². The number of rotatable bonds is 2. The maximum absolute atomic E-state index is 9.50. The third-order valence-electron chi connectivity index (χ3n) is 3.71. The molecule has 1 aliphatic carbocycles. The lowest BCUT2D eigenvalue weighted by atomic mass is 10.1. The molecule has 2 N–H and O–H groups in total. The number of halogens is 1. The van der Waals surface area contributed by atoms with Crippen LogP contribution in [0.3, 0.4) is 0 Å². The van der Waals surface area contributed by atoms with Crippen LogP contribution in [-0.2, 0) is 0 Å². The van der Waals surface area contributed by atoms with Crippen LogP contribution in [0.2, 0.25) is 0 Å². The molecular formula is C16H16BrN5. The van der Waals surface area contributed by atoms with Gasteiger partial charge in [-0.05, 0) is 47.0 Å². The smallest absolute Gasteiger partial charge is 0.200 e. The third kappa shape index (κ3) is 3.37. The second kappa shape index (κ2) is 6.75. The Morgan fingerprint density at radius 1 is 1.36 bits per heavy atom. The van der Waals surface area contributed by atoms with Gasteiger partial charge in [-0.3, -0.25) is 0 Å². The highest BCUT2D eigenvalue weighted by molar-refractivity contribution is 9.10. The average molecular weight is 358 g/mol. The lowest BCUT2D eigenvalue weighted by Gasteiger charge is -2.18. The normalized spacial score (nSPS) is 22.1. The minimum absolute atomic E-state index is 0.372. The van der Waals surface area contributed by atoms with E-state index in [0.717, 1.165) is 12.8 Å². The van der Waals surface area contributed by atoms with Crippen molar-refractivity contribution >= 4 is 27.5 Å². The molecule has 22 heavy (non-hydrogen) atoms. The van der Waals surface area contributed by atoms with Gasteiger partial charge in [-0.25, -0.2) is 9.98 Å². The van der Waals surface area contributed by atoms with Crippen LogP contribution in [0.4, 0.5) is 0 Å². The molecule has 0 unspecified atom stereocenters. The van der Waals surface area contributed by atoms with Gasteiger partial charge in [0.25, 0.3) is 0 Å². The first-order valence-corrected chi connectivity index (χ1v) is 8.11. The Hall–Kier alpha value is -2.13. The fourth-order valence-corrected chi connectivity index (χ4v) is 2.99. The molecule has 112 valence electrons. The van der Waals surface area contributed by atoms with Gasteiger partial charge in [-0.1, -0.05) is 18.9 Å². The fourth-order valence-electron chi connectivity index (χ4n) is 2.64. The molecule has 1 saturated carbocycles. The van der Waals surface area contributed by atoms with Crippen LogP contribution < -0.4 is 10.6 Å². The number of aromatic nitrogens is 1. The van der Waals surface area contributed by atoms with Gasteiger partial charge in [0.15, 0.2) is 5.96 Å². The average Bonchev–Trinajstić information content (AvgIpc) is 3.01. The van der Waals surface area contributed by atoms with Crippen molar-refractivity contribution in [3.8, 4) is 6.07 Å². The second-order valence-corrected chi connectivity index (χ2v) is 6.08. The van der Waals surface area contributed by atoms with Gasteiger partial charge >= 0.3 is 0 Å². The Balaban J connectivity index is 1.90. The van der Waals surface area contributed by atoms with Crippen LogP contribution in [0.15, 0.2) is 45.8 Å². The number of nitrogens with zero attached hydrogens (tertiary/aromatic N) is 3. The van der Waals surface area contributed by atoms with Crippen LogP contribution in [0.1, 0.15) is 31.4 Å². The van der Waals surface area contributed by atoms with Gasteiger partial charge in [0.05, 0.1) is 17.4 Å². The number of nitrogens with one attached hydrogen (secondary N) is 2. The quantitative estimate of drug-likeness (QED) is 0.630. The fraction of sp³-hybridized carbons (Fsp3) is 0.312. The zero-order valence-electron chi connectivity index (χ0n) is 12.0. The van der Waals surface area contributed by atoms with E-state index in [1.54, 1.807) is 6.20 Å². The molecule has 0 spiro atoms. The largest absolute Gasteiger partial charge is 0.333 e. The Morgan fingerprint density at radius 3 is 2.91 bits per heavy atom. The van der Waals surface area contributed by atoms with E-state index in [9.17, 15) is 5.26 Å². The number of guanidine groups is 1. The van der Waals surface area contributed by atoms with Crippen molar-refractivity contribution in [3.05, 3.63) is 46.5 Å². The molecule has 0 saturated heterocycles. The predicted octanol–water partition coefficient (Wildman–Crippen LogP) is 3.08. The van der Waals surface area contributed by atoms with Crippen molar-refractivity contribution in [3.63, 3.8) is 0 Å². The SMILES string of the molecule is N#CC(=C1C=CNC(=NC2CCCC2)N1)c1cccc(Br)n1. The summed E-state index contributed by atoms with van der Waals surface area (Å²) in [4.78, 5) is 9.03. The van der Waals surface area contributed by atoms with E-state index in [1.165, 1.54) is 12.8 Å². The van der Waals surface area contributed by atoms with E-state index < -0.39 is 0 Å². The van der Waals surface area contributed by atoms with Crippen LogP contribution in [-0.4, -0.2) is 17.0 Å². The highest BCUT2D eigenvalue weighted by atomic mass is 79.9. The van der Waals surface area contributed by atoms with E-state index in [2.05, 4.69) is 42.6 Å². The molecule has 0 atom stereocenters. The predicted molar refractivity (Wildman–Crippen MR) is 89.6 cm³/mol. The lowest BCUT2D eigenvalue weighted by Crippen LogP contribution is -2.38. The first-order valence-electron chi connectivity index (χ1n) is 7.31. The van der Waals surface area contributed by atoms with Crippen molar-refractivity contribution in [2.24, 2.45) is 4.99 Å². The molecular weight excluding hydrogens is 342 g/mol. The van der Waals surface area contributed by atoms with Crippen molar-refractivity contribution in [1.29, 1.82) is 5.26 Å². The molecule has 0 amide bonds. The highest BCUT2D eigenvalue weighted by Gasteiger charge is 2.17. The molecule has 6 heteroatoms. The molecule has 2 aliphatic rings. The van der Waals surface area contributed by atoms with Gasteiger partial charge in [0.1, 0.15) is 16.2 Å². The molecule has 5 nitrogen and oxygen atoms in total. The van der Waals surface area contributed by atoms with E-state index in [-0.39, 0.29) is 0 Å². The lowest BCUT2D eigenvalue weighted by molar-refractivity contribution is 0.696. The van der Waals surface area contributed by atoms with Crippen LogP contribution in [0, 0.1) is 11.3 Å². The molecule has 1 aromatic rings. The highest BCUT2D eigenvalue weighted by Crippen LogP contribution is 2.22. The Bertz CT molecular complexity index is 693. The van der Waals surface area contributed by atoms with Gasteiger partial charge in [0, 0.05) is 6.20 Å². The maximum atomic E-state index is 9.50. The van der Waals surface area contributed by atoms with Crippen LogP contribution in [0.5, 0.6) is 0 Å². The molecule has 3 rings (SSSR count). The van der Waals surface area contributed by atoms with E-state index in [4.69, 9.17) is 0 Å². The van der Waals surface area contributed by atoms with E-state index >= 15 is 0 Å². The van der Waals surface area contributed by atoms with Crippen molar-refractivity contribution in [2.75, 3.05) is 0 Å². The number of pyridine rings is 1. The van der Waals surface area contributed by atoms with Crippen molar-refractivity contribution in [2.45, 2.75) is 31.7 Å². The van der Waals surface area contributed by atoms with Crippen molar-refractivity contribution < 1.29 is 0 Å². The standard InChI is InChI=1S/C16H16BrN5/c17-15-7-3-6-13(21-15)12(10-18)14-8-9-19-16(22-14)20-11-4-1-2-5-11/h3,6-9,11H,1-2,4-5H2,(H2,19,20,22). The Morgan fingerprint density at radius 2 is 2.18 bits per heavy atom. The number of allylic oxidation sites excluding steroid dienone is 2. The summed E-state index contributed by atoms with van der Waals surface area (Å²) in [7, 11) is 0. The number of aliphatic imine (C=N–C) groups is 1. The van der Waals surface area contributed by atoms with Crippen LogP contribution in [0.25, 0.3) is 5.57 Å². The summed E-state index contributed by atoms with van der Waals surface area (Å²) in [6.07, 6.45) is 8.38. The van der Waals surface area contributed by atoms with Gasteiger partial charge < -0.3 is 10.6 Å². The summed E-state index contributed by atoms with van der Waals surface area (Å²) in [6, 6.07) is 8.12. The zero-order chi connectivity index (χ0) is 15.4. The second-order valence-electron chi connectivity index (χ2n) is 5.26. The minimum atomic E-state index is 0.372. The summed E-state index contributed by atoms with van der Waals surface area (Å²) in [5, 5.41) is 15.8. The topological polar surface area (TPSA) is 73.1 Å². The molecule has 0 aromatic carbocycles. The summed E-state index contributed by atoms with van der Waals surface area (Å²) < 4.78 is 0.705. The monoisotopic (exact) mass is 357 g/mol. The molecule has 2 heterocycles. The molecule has 1 aromatic heterocycles. The zero-order valence-corrected chi connectivity index (χ0v) is 13.6. The summed E-state index contributed by atoms with van der Waals surface area (Å²) in [5.41, 5.74) is 1.84. The minimum Gasteiger partial charge on any atom is -0.333 e.